The summed E-state index contributed by atoms with van der Waals surface area (Å²) in [6.07, 6.45) is 5.23. The minimum Gasteiger partial charge on any atom is -0.330 e. The summed E-state index contributed by atoms with van der Waals surface area (Å²) in [6.45, 7) is 7.01. The van der Waals surface area contributed by atoms with Crippen molar-refractivity contribution in [3.05, 3.63) is 18.2 Å². The van der Waals surface area contributed by atoms with Gasteiger partial charge in [0.15, 0.2) is 5.82 Å². The monoisotopic (exact) mass is 237 g/mol. The van der Waals surface area contributed by atoms with E-state index in [1.54, 1.807) is 0 Å². The summed E-state index contributed by atoms with van der Waals surface area (Å²) in [7, 11) is 0. The highest BCUT2D eigenvalue weighted by Crippen LogP contribution is 2.23. The lowest BCUT2D eigenvalue weighted by Crippen LogP contribution is -2.58. The molecular weight excluding hydrogens is 219 g/mol. The number of rotatable bonds is 1. The van der Waals surface area contributed by atoms with Crippen LogP contribution >= 0.6 is 0 Å². The Hall–Kier alpha value is -1.23. The molecule has 0 unspecified atom stereocenters. The minimum absolute atomic E-state index is 0.367. The molecule has 2 aliphatic rings. The molecule has 1 spiro atoms. The van der Waals surface area contributed by atoms with Gasteiger partial charge in [-0.15, -0.1) is 0 Å². The standard InChI is InChI=1S/C12H18FN4/c13-11-9-14-12(15-10-11)16-3-7-17(8-4-16)5-1-2-6-17/h9-10H,1-8H2/q+1. The molecule has 2 fully saturated rings. The first kappa shape index (κ1) is 10.9. The second kappa shape index (κ2) is 4.22. The SMILES string of the molecule is Fc1cnc(N2CC[N+]3(CCCC3)CC2)nc1. The summed E-state index contributed by atoms with van der Waals surface area (Å²) in [4.78, 5) is 10.3. The maximum absolute atomic E-state index is 12.7. The second-order valence-corrected chi connectivity index (χ2v) is 5.13. The van der Waals surface area contributed by atoms with Crippen molar-refractivity contribution in [2.75, 3.05) is 44.2 Å². The first-order valence-corrected chi connectivity index (χ1v) is 6.35. The molecule has 2 saturated heterocycles. The number of anilines is 1. The fourth-order valence-corrected chi connectivity index (χ4v) is 3.01. The van der Waals surface area contributed by atoms with Crippen LogP contribution in [0.4, 0.5) is 10.3 Å². The maximum atomic E-state index is 12.7. The molecule has 3 heterocycles. The van der Waals surface area contributed by atoms with Crippen molar-refractivity contribution in [2.24, 2.45) is 0 Å². The highest BCUT2D eigenvalue weighted by molar-refractivity contribution is 5.28. The topological polar surface area (TPSA) is 29.0 Å². The van der Waals surface area contributed by atoms with Gasteiger partial charge in [-0.3, -0.25) is 0 Å². The van der Waals surface area contributed by atoms with E-state index in [4.69, 9.17) is 0 Å². The van der Waals surface area contributed by atoms with Gasteiger partial charge in [0.1, 0.15) is 0 Å². The van der Waals surface area contributed by atoms with Gasteiger partial charge in [0.05, 0.1) is 51.7 Å². The third kappa shape index (κ3) is 2.11. The normalized spacial score (nSPS) is 23.2. The Kier molecular flexibility index (Phi) is 2.70. The predicted octanol–water partition coefficient (Wildman–Crippen LogP) is 1.05. The van der Waals surface area contributed by atoms with E-state index in [2.05, 4.69) is 14.9 Å². The molecule has 3 rings (SSSR count). The Bertz CT molecular complexity index is 376. The van der Waals surface area contributed by atoms with E-state index in [0.29, 0.717) is 5.95 Å². The minimum atomic E-state index is -0.367. The van der Waals surface area contributed by atoms with Crippen molar-refractivity contribution in [2.45, 2.75) is 12.8 Å². The van der Waals surface area contributed by atoms with Crippen LogP contribution in [-0.4, -0.2) is 53.7 Å². The van der Waals surface area contributed by atoms with Crippen molar-refractivity contribution < 1.29 is 8.87 Å². The number of nitrogens with zero attached hydrogens (tertiary/aromatic N) is 4. The van der Waals surface area contributed by atoms with Gasteiger partial charge in [-0.1, -0.05) is 0 Å². The lowest BCUT2D eigenvalue weighted by atomic mass is 10.2. The molecule has 1 aromatic rings. The number of piperazine rings is 1. The Labute approximate surface area is 101 Å². The van der Waals surface area contributed by atoms with Crippen molar-refractivity contribution in [3.8, 4) is 0 Å². The summed E-state index contributed by atoms with van der Waals surface area (Å²) in [5.41, 5.74) is 0. The lowest BCUT2D eigenvalue weighted by molar-refractivity contribution is -0.917. The molecule has 5 heteroatoms. The molecule has 0 amide bonds. The number of hydrogen-bond donors (Lipinski definition) is 0. The summed E-state index contributed by atoms with van der Waals surface area (Å²) in [5.74, 6) is 0.303. The van der Waals surface area contributed by atoms with Gasteiger partial charge in [0.25, 0.3) is 0 Å². The Morgan fingerprint density at radius 2 is 1.59 bits per heavy atom. The third-order valence-corrected chi connectivity index (χ3v) is 4.09. The summed E-state index contributed by atoms with van der Waals surface area (Å²) < 4.78 is 14.0. The van der Waals surface area contributed by atoms with Crippen LogP contribution in [-0.2, 0) is 0 Å². The van der Waals surface area contributed by atoms with Gasteiger partial charge < -0.3 is 9.38 Å². The van der Waals surface area contributed by atoms with Gasteiger partial charge in [-0.2, -0.15) is 0 Å². The summed E-state index contributed by atoms with van der Waals surface area (Å²) in [5, 5.41) is 0. The van der Waals surface area contributed by atoms with Crippen LogP contribution in [0.15, 0.2) is 12.4 Å². The smallest absolute Gasteiger partial charge is 0.225 e. The van der Waals surface area contributed by atoms with E-state index in [-0.39, 0.29) is 5.82 Å². The largest absolute Gasteiger partial charge is 0.330 e. The fourth-order valence-electron chi connectivity index (χ4n) is 3.01. The number of hydrogen-bond acceptors (Lipinski definition) is 3. The molecule has 92 valence electrons. The average Bonchev–Trinajstić information content (AvgIpc) is 2.80. The molecule has 0 bridgehead atoms. The number of aromatic nitrogens is 2. The molecule has 0 N–H and O–H groups in total. The average molecular weight is 237 g/mol. The Morgan fingerprint density at radius 3 is 2.18 bits per heavy atom. The molecular formula is C12H18FN4+. The molecule has 0 saturated carbocycles. The van der Waals surface area contributed by atoms with Crippen LogP contribution in [0.5, 0.6) is 0 Å². The van der Waals surface area contributed by atoms with E-state index in [0.717, 1.165) is 13.1 Å². The first-order valence-electron chi connectivity index (χ1n) is 6.35. The molecule has 17 heavy (non-hydrogen) atoms. The molecule has 0 radical (unpaired) electrons. The molecule has 4 nitrogen and oxygen atoms in total. The molecule has 0 aromatic carbocycles. The molecule has 0 atom stereocenters. The number of quaternary nitrogens is 1. The van der Waals surface area contributed by atoms with E-state index in [1.807, 2.05) is 0 Å². The second-order valence-electron chi connectivity index (χ2n) is 5.13. The van der Waals surface area contributed by atoms with Crippen molar-refractivity contribution >= 4 is 5.95 Å². The first-order chi connectivity index (χ1) is 8.27. The van der Waals surface area contributed by atoms with E-state index >= 15 is 0 Å². The van der Waals surface area contributed by atoms with Gasteiger partial charge in [-0.25, -0.2) is 14.4 Å². The van der Waals surface area contributed by atoms with Crippen molar-refractivity contribution in [1.82, 2.24) is 9.97 Å². The van der Waals surface area contributed by atoms with E-state index in [1.165, 1.54) is 55.9 Å². The summed E-state index contributed by atoms with van der Waals surface area (Å²) >= 11 is 0. The Morgan fingerprint density at radius 1 is 1.00 bits per heavy atom. The van der Waals surface area contributed by atoms with Crippen LogP contribution in [0.3, 0.4) is 0 Å². The van der Waals surface area contributed by atoms with Crippen molar-refractivity contribution in [1.29, 1.82) is 0 Å². The van der Waals surface area contributed by atoms with Gasteiger partial charge in [0, 0.05) is 12.8 Å². The van der Waals surface area contributed by atoms with Crippen LogP contribution in [0.2, 0.25) is 0 Å². The summed E-state index contributed by atoms with van der Waals surface area (Å²) in [6, 6.07) is 0. The van der Waals surface area contributed by atoms with Gasteiger partial charge >= 0.3 is 0 Å². The fraction of sp³-hybridized carbons (Fsp3) is 0.667. The Balaban J connectivity index is 1.66. The predicted molar refractivity (Wildman–Crippen MR) is 63.2 cm³/mol. The van der Waals surface area contributed by atoms with Gasteiger partial charge in [0.2, 0.25) is 5.95 Å². The van der Waals surface area contributed by atoms with Crippen LogP contribution < -0.4 is 4.90 Å². The highest BCUT2D eigenvalue weighted by Gasteiger charge is 2.36. The van der Waals surface area contributed by atoms with E-state index in [9.17, 15) is 4.39 Å². The zero-order valence-electron chi connectivity index (χ0n) is 9.98. The number of halogens is 1. The zero-order chi connectivity index (χ0) is 11.7. The van der Waals surface area contributed by atoms with Crippen LogP contribution in [0, 0.1) is 5.82 Å². The highest BCUT2D eigenvalue weighted by atomic mass is 19.1. The third-order valence-electron chi connectivity index (χ3n) is 4.09. The quantitative estimate of drug-likeness (QED) is 0.684. The molecule has 0 aliphatic carbocycles. The van der Waals surface area contributed by atoms with Crippen LogP contribution in [0.25, 0.3) is 0 Å². The van der Waals surface area contributed by atoms with Crippen molar-refractivity contribution in [3.63, 3.8) is 0 Å². The molecule has 2 aliphatic heterocycles. The lowest BCUT2D eigenvalue weighted by Gasteiger charge is -2.41. The maximum Gasteiger partial charge on any atom is 0.225 e. The van der Waals surface area contributed by atoms with E-state index < -0.39 is 0 Å². The molecule has 1 aromatic heterocycles. The van der Waals surface area contributed by atoms with Gasteiger partial charge in [-0.05, 0) is 0 Å². The zero-order valence-corrected chi connectivity index (χ0v) is 9.98. The van der Waals surface area contributed by atoms with Crippen LogP contribution in [0.1, 0.15) is 12.8 Å².